The molecule has 0 unspecified atom stereocenters. The third-order valence-corrected chi connectivity index (χ3v) is 14.9. The van der Waals surface area contributed by atoms with Crippen LogP contribution in [0.15, 0.2) is 0 Å². The van der Waals surface area contributed by atoms with Gasteiger partial charge in [-0.1, -0.05) is 195 Å². The Morgan fingerprint density at radius 1 is 0.442 bits per heavy atom. The second kappa shape index (κ2) is 47.0. The number of unbranched alkanes of at least 4 members (excludes halogenated alkanes) is 24. The fraction of sp³-hybridized carbons (Fsp3) is 0.883. The number of nitrogens with one attached hydrogen (secondary N) is 1. The molecule has 4 N–H and O–H groups in total. The summed E-state index contributed by atoms with van der Waals surface area (Å²) in [5, 5.41) is 80.9. The summed E-state index contributed by atoms with van der Waals surface area (Å²) in [6.07, 6.45) is 25.0. The quantitative estimate of drug-likeness (QED) is 0.0361. The highest BCUT2D eigenvalue weighted by Gasteiger charge is 2.36. The highest BCUT2D eigenvalue weighted by Crippen LogP contribution is 2.29. The molecular weight excluding hydrogens is 991 g/mol. The molecule has 10 atom stereocenters. The van der Waals surface area contributed by atoms with Gasteiger partial charge in [0.05, 0.1) is 37.2 Å². The molecule has 0 spiro atoms. The van der Waals surface area contributed by atoms with Crippen LogP contribution in [0.5, 0.6) is 0 Å². The minimum Gasteiger partial charge on any atom is -0.550 e. The third kappa shape index (κ3) is 41.8. The van der Waals surface area contributed by atoms with Crippen LogP contribution in [0.1, 0.15) is 279 Å². The standard InChI is InChI=1S/C60H109NO16/c1-6-8-10-11-12-13-14-15-16-17-18-19-20-21-22-23-24-25-26-27-28-29-30-36-53(65)61-46(5)51(64)43-50(63)35-32-31-34-49(62)37-44(3)38-52(76-56(70)41-47(59(72)73)39-54(66)67)58(45(4)33-9-7-2)77-57(71)42-48(60(74)75)40-55(68)69/h44-52,58,62-64H,6-43H2,1-5H3,(H,61,65)(H,66,67)(H,68,69)(H,72,73)(H,74,75)/p-4/t44-,45+,46-,47+,48+,49+,50+,51-,52-,58+/m0/s1. The second-order valence-electron chi connectivity index (χ2n) is 22.6. The van der Waals surface area contributed by atoms with Crippen molar-refractivity contribution in [3.05, 3.63) is 0 Å². The number of aliphatic hydroxyl groups is 3. The average molecular weight is 1100 g/mol. The van der Waals surface area contributed by atoms with Crippen molar-refractivity contribution < 1.29 is 78.8 Å². The zero-order valence-corrected chi connectivity index (χ0v) is 48.3. The highest BCUT2D eigenvalue weighted by atomic mass is 16.6. The first-order chi connectivity index (χ1) is 36.7. The van der Waals surface area contributed by atoms with Crippen LogP contribution in [-0.4, -0.2) is 93.6 Å². The van der Waals surface area contributed by atoms with Crippen LogP contribution in [0.4, 0.5) is 0 Å². The molecule has 0 aromatic carbocycles. The molecule has 0 radical (unpaired) electrons. The zero-order valence-electron chi connectivity index (χ0n) is 48.3. The summed E-state index contributed by atoms with van der Waals surface area (Å²) in [5.41, 5.74) is 0. The van der Waals surface area contributed by atoms with Crippen molar-refractivity contribution in [3.63, 3.8) is 0 Å². The topological polar surface area (TPSA) is 303 Å². The van der Waals surface area contributed by atoms with Crippen molar-refractivity contribution >= 4 is 41.7 Å². The maximum Gasteiger partial charge on any atom is 0.306 e. The van der Waals surface area contributed by atoms with Crippen LogP contribution in [0, 0.1) is 23.7 Å². The number of aliphatic carboxylic acids is 4. The highest BCUT2D eigenvalue weighted by molar-refractivity contribution is 5.82. The fourth-order valence-electron chi connectivity index (χ4n) is 10.1. The normalized spacial score (nSPS) is 15.5. The molecule has 77 heavy (non-hydrogen) atoms. The number of hydrogen-bond acceptors (Lipinski definition) is 16. The van der Waals surface area contributed by atoms with E-state index in [1.807, 2.05) is 6.92 Å². The SMILES string of the molecule is CCCCCCCCCCCCCCCCCCCCCCCCCC(=O)N[C@@H](C)[C@@H](O)C[C@H](O)CCCC[C@@H](O)C[C@H](C)C[C@H](OC(=O)C[C@@H](CC(=O)[O-])C(=O)[O-])[C@H](OC(=O)C[C@@H](CC(=O)[O-])C(=O)[O-])[C@H](C)CCCC. The summed E-state index contributed by atoms with van der Waals surface area (Å²) in [6.45, 7) is 9.33. The van der Waals surface area contributed by atoms with E-state index in [2.05, 4.69) is 12.2 Å². The van der Waals surface area contributed by atoms with Crippen LogP contribution in [0.3, 0.4) is 0 Å². The van der Waals surface area contributed by atoms with Crippen LogP contribution in [-0.2, 0) is 43.0 Å². The van der Waals surface area contributed by atoms with Gasteiger partial charge < -0.3 is 69.7 Å². The number of rotatable bonds is 54. The van der Waals surface area contributed by atoms with E-state index in [9.17, 15) is 69.3 Å². The number of carboxylic acid groups (broad SMARTS) is 4. The summed E-state index contributed by atoms with van der Waals surface area (Å²) in [4.78, 5) is 84.5. The first-order valence-electron chi connectivity index (χ1n) is 30.2. The Morgan fingerprint density at radius 2 is 0.818 bits per heavy atom. The van der Waals surface area contributed by atoms with Gasteiger partial charge in [-0.2, -0.15) is 0 Å². The maximum atomic E-state index is 13.2. The molecule has 17 nitrogen and oxygen atoms in total. The average Bonchev–Trinajstić information content (AvgIpc) is 3.35. The predicted octanol–water partition coefficient (Wildman–Crippen LogP) is 6.77. The van der Waals surface area contributed by atoms with Gasteiger partial charge in [0.25, 0.3) is 0 Å². The summed E-state index contributed by atoms with van der Waals surface area (Å²) < 4.78 is 11.4. The maximum absolute atomic E-state index is 13.2. The summed E-state index contributed by atoms with van der Waals surface area (Å²) in [7, 11) is 0. The largest absolute Gasteiger partial charge is 0.550 e. The van der Waals surface area contributed by atoms with E-state index in [1.165, 1.54) is 128 Å². The van der Waals surface area contributed by atoms with Gasteiger partial charge in [0.1, 0.15) is 12.2 Å². The Balaban J connectivity index is 4.77. The van der Waals surface area contributed by atoms with Gasteiger partial charge >= 0.3 is 11.9 Å². The molecule has 0 saturated carbocycles. The van der Waals surface area contributed by atoms with Crippen molar-refractivity contribution in [2.45, 2.75) is 315 Å². The second-order valence-corrected chi connectivity index (χ2v) is 22.6. The van der Waals surface area contributed by atoms with Crippen molar-refractivity contribution in [1.82, 2.24) is 5.32 Å². The first-order valence-corrected chi connectivity index (χ1v) is 30.2. The van der Waals surface area contributed by atoms with Crippen molar-refractivity contribution in [3.8, 4) is 0 Å². The molecule has 0 aliphatic carbocycles. The van der Waals surface area contributed by atoms with Gasteiger partial charge in [-0.05, 0) is 70.1 Å². The molecule has 0 bridgehead atoms. The smallest absolute Gasteiger partial charge is 0.306 e. The molecule has 0 aromatic rings. The Morgan fingerprint density at radius 3 is 1.21 bits per heavy atom. The number of carbonyl (C=O) groups is 7. The molecule has 0 aliphatic rings. The van der Waals surface area contributed by atoms with Gasteiger partial charge in [-0.3, -0.25) is 14.4 Å². The number of amides is 1. The van der Waals surface area contributed by atoms with Crippen molar-refractivity contribution in [2.24, 2.45) is 23.7 Å². The number of hydrogen-bond donors (Lipinski definition) is 4. The Hall–Kier alpha value is -3.83. The molecule has 0 heterocycles. The molecule has 1 amide bonds. The summed E-state index contributed by atoms with van der Waals surface area (Å²) in [6, 6.07) is -0.545. The molecule has 0 aromatic heterocycles. The van der Waals surface area contributed by atoms with Crippen molar-refractivity contribution in [2.75, 3.05) is 0 Å². The van der Waals surface area contributed by atoms with E-state index in [4.69, 9.17) is 9.47 Å². The Labute approximate surface area is 463 Å². The van der Waals surface area contributed by atoms with Crippen molar-refractivity contribution in [1.29, 1.82) is 0 Å². The molecule has 0 aliphatic heterocycles. The number of carbonyl (C=O) groups excluding carboxylic acids is 7. The fourth-order valence-corrected chi connectivity index (χ4v) is 10.1. The third-order valence-electron chi connectivity index (χ3n) is 14.9. The van der Waals surface area contributed by atoms with Crippen LogP contribution in [0.25, 0.3) is 0 Å². The van der Waals surface area contributed by atoms with Gasteiger partial charge in [-0.25, -0.2) is 0 Å². The minimum absolute atomic E-state index is 0.0400. The van der Waals surface area contributed by atoms with E-state index < -0.39 is 122 Å². The molecule has 0 saturated heterocycles. The Kier molecular flexibility index (Phi) is 44.7. The molecule has 450 valence electrons. The number of ether oxygens (including phenoxy) is 2. The van der Waals surface area contributed by atoms with E-state index in [-0.39, 0.29) is 25.2 Å². The van der Waals surface area contributed by atoms with Gasteiger partial charge in [-0.15, -0.1) is 0 Å². The van der Waals surface area contributed by atoms with E-state index in [1.54, 1.807) is 20.8 Å². The minimum atomic E-state index is -1.83. The van der Waals surface area contributed by atoms with E-state index in [0.29, 0.717) is 44.9 Å². The summed E-state index contributed by atoms with van der Waals surface area (Å²) >= 11 is 0. The van der Waals surface area contributed by atoms with Gasteiger partial charge in [0.15, 0.2) is 0 Å². The molecule has 0 fully saturated rings. The zero-order chi connectivity index (χ0) is 57.8. The monoisotopic (exact) mass is 1100 g/mol. The first kappa shape index (κ1) is 73.2. The number of esters is 2. The molecule has 17 heteroatoms. The lowest BCUT2D eigenvalue weighted by Crippen LogP contribution is -2.43. The molecular formula is C60H105NO16-4. The predicted molar refractivity (Wildman–Crippen MR) is 288 cm³/mol. The van der Waals surface area contributed by atoms with Gasteiger partial charge in [0, 0.05) is 48.6 Å². The van der Waals surface area contributed by atoms with E-state index in [0.717, 1.165) is 25.7 Å². The lowest BCUT2D eigenvalue weighted by Gasteiger charge is -2.34. The summed E-state index contributed by atoms with van der Waals surface area (Å²) in [5.74, 6) is -14.0. The Bertz CT molecular complexity index is 1580. The lowest BCUT2D eigenvalue weighted by molar-refractivity contribution is -0.321. The van der Waals surface area contributed by atoms with E-state index >= 15 is 0 Å². The number of aliphatic hydroxyl groups excluding tert-OH is 3. The van der Waals surface area contributed by atoms with Crippen LogP contribution < -0.4 is 25.7 Å². The lowest BCUT2D eigenvalue weighted by atomic mass is 9.87. The van der Waals surface area contributed by atoms with Crippen LogP contribution >= 0.6 is 0 Å². The van der Waals surface area contributed by atoms with Gasteiger partial charge in [0.2, 0.25) is 5.91 Å². The van der Waals surface area contributed by atoms with Crippen LogP contribution in [0.2, 0.25) is 0 Å². The molecule has 0 rings (SSSR count). The number of carboxylic acids is 4.